The minimum Gasteiger partial charge on any atom is -0.339 e. The van der Waals surface area contributed by atoms with Crippen molar-refractivity contribution in [1.82, 2.24) is 14.8 Å². The van der Waals surface area contributed by atoms with E-state index in [-0.39, 0.29) is 11.7 Å². The molecule has 0 unspecified atom stereocenters. The fourth-order valence-corrected chi connectivity index (χ4v) is 3.46. The summed E-state index contributed by atoms with van der Waals surface area (Å²) in [4.78, 5) is 14.4. The third kappa shape index (κ3) is 4.89. The van der Waals surface area contributed by atoms with E-state index >= 15 is 0 Å². The van der Waals surface area contributed by atoms with Crippen LogP contribution in [0.3, 0.4) is 0 Å². The maximum Gasteiger partial charge on any atom is 0.234 e. The van der Waals surface area contributed by atoms with E-state index in [1.807, 2.05) is 49.5 Å². The van der Waals surface area contributed by atoms with Gasteiger partial charge in [0.05, 0.1) is 5.75 Å². The highest BCUT2D eigenvalue weighted by molar-refractivity contribution is 7.99. The van der Waals surface area contributed by atoms with Crippen LogP contribution in [-0.2, 0) is 11.8 Å². The summed E-state index contributed by atoms with van der Waals surface area (Å²) in [6, 6.07) is 18.5. The van der Waals surface area contributed by atoms with Crippen LogP contribution in [0.15, 0.2) is 66.1 Å². The van der Waals surface area contributed by atoms with E-state index in [1.54, 1.807) is 10.9 Å². The van der Waals surface area contributed by atoms with Crippen molar-refractivity contribution >= 4 is 34.7 Å². The van der Waals surface area contributed by atoms with Gasteiger partial charge in [-0.1, -0.05) is 30.0 Å². The van der Waals surface area contributed by atoms with Gasteiger partial charge in [-0.2, -0.15) is 0 Å². The molecule has 1 amide bonds. The second kappa shape index (κ2) is 8.73. The zero-order chi connectivity index (χ0) is 19.2. The molecule has 3 aromatic rings. The molecular weight excluding hydrogens is 358 g/mol. The Balaban J connectivity index is 1.64. The molecule has 0 radical (unpaired) electrons. The number of amides is 1. The van der Waals surface area contributed by atoms with Gasteiger partial charge in [-0.05, 0) is 50.2 Å². The van der Waals surface area contributed by atoms with Gasteiger partial charge in [-0.25, -0.2) is 0 Å². The number of thioether (sulfide) groups is 1. The molecule has 0 aliphatic carbocycles. The molecule has 0 spiro atoms. The van der Waals surface area contributed by atoms with Gasteiger partial charge in [0.1, 0.15) is 6.33 Å². The maximum absolute atomic E-state index is 12.2. The zero-order valence-corrected chi connectivity index (χ0v) is 16.5. The van der Waals surface area contributed by atoms with Crippen molar-refractivity contribution in [3.8, 4) is 0 Å². The summed E-state index contributed by atoms with van der Waals surface area (Å²) in [6.07, 6.45) is 1.62. The monoisotopic (exact) mass is 381 g/mol. The molecule has 3 rings (SSSR count). The van der Waals surface area contributed by atoms with Crippen LogP contribution in [0.2, 0.25) is 0 Å². The van der Waals surface area contributed by atoms with Crippen molar-refractivity contribution in [2.75, 3.05) is 16.0 Å². The van der Waals surface area contributed by atoms with Crippen molar-refractivity contribution in [3.05, 3.63) is 60.9 Å². The Morgan fingerprint density at radius 2 is 1.78 bits per heavy atom. The topological polar surface area (TPSA) is 63.1 Å². The molecule has 0 aliphatic rings. The number of hydrogen-bond acceptors (Lipinski definition) is 5. The number of aryl methyl sites for hydroxylation is 1. The average molecular weight is 382 g/mol. The normalized spacial score (nSPS) is 10.8. The fraction of sp³-hybridized carbons (Fsp3) is 0.250. The van der Waals surface area contributed by atoms with Crippen molar-refractivity contribution in [3.63, 3.8) is 0 Å². The van der Waals surface area contributed by atoms with Crippen LogP contribution < -0.4 is 10.2 Å². The number of hydrogen-bond donors (Lipinski definition) is 1. The summed E-state index contributed by atoms with van der Waals surface area (Å²) in [5.74, 6) is 0.218. The smallest absolute Gasteiger partial charge is 0.234 e. The zero-order valence-electron chi connectivity index (χ0n) is 15.7. The van der Waals surface area contributed by atoms with Gasteiger partial charge in [-0.15, -0.1) is 10.2 Å². The Morgan fingerprint density at radius 1 is 1.11 bits per heavy atom. The second-order valence-corrected chi connectivity index (χ2v) is 7.35. The molecule has 0 bridgehead atoms. The predicted molar refractivity (Wildman–Crippen MR) is 111 cm³/mol. The lowest BCUT2D eigenvalue weighted by atomic mass is 10.2. The summed E-state index contributed by atoms with van der Waals surface area (Å²) >= 11 is 1.36. The third-order valence-corrected chi connectivity index (χ3v) is 5.02. The molecule has 1 heterocycles. The Kier molecular flexibility index (Phi) is 6.13. The minimum atomic E-state index is -0.0699. The standard InChI is InChI=1S/C20H23N5OS/c1-15(2)25(17-7-5-4-6-8-17)18-11-9-16(10-12-18)22-19(26)13-27-20-23-21-14-24(20)3/h4-12,14-15H,13H2,1-3H3,(H,22,26). The minimum absolute atomic E-state index is 0.0699. The number of benzene rings is 2. The first-order valence-corrected chi connectivity index (χ1v) is 9.74. The van der Waals surface area contributed by atoms with E-state index in [4.69, 9.17) is 0 Å². The molecule has 0 atom stereocenters. The number of anilines is 3. The number of carbonyl (C=O) groups is 1. The quantitative estimate of drug-likeness (QED) is 0.625. The van der Waals surface area contributed by atoms with Crippen LogP contribution in [-0.4, -0.2) is 32.5 Å². The molecule has 1 aromatic heterocycles. The number of rotatable bonds is 7. The lowest BCUT2D eigenvalue weighted by molar-refractivity contribution is -0.113. The van der Waals surface area contributed by atoms with Gasteiger partial charge in [0.25, 0.3) is 0 Å². The van der Waals surface area contributed by atoms with Gasteiger partial charge in [0, 0.05) is 30.2 Å². The Bertz CT molecular complexity index is 877. The van der Waals surface area contributed by atoms with E-state index < -0.39 is 0 Å². The van der Waals surface area contributed by atoms with Crippen LogP contribution in [0, 0.1) is 0 Å². The van der Waals surface area contributed by atoms with E-state index in [0.29, 0.717) is 6.04 Å². The lowest BCUT2D eigenvalue weighted by Crippen LogP contribution is -2.25. The number of carbonyl (C=O) groups excluding carboxylic acids is 1. The molecule has 0 saturated heterocycles. The average Bonchev–Trinajstić information content (AvgIpc) is 3.07. The molecule has 0 saturated carbocycles. The lowest BCUT2D eigenvalue weighted by Gasteiger charge is -2.29. The SMILES string of the molecule is CC(C)N(c1ccccc1)c1ccc(NC(=O)CSc2nncn2C)cc1. The van der Waals surface area contributed by atoms with Crippen LogP contribution in [0.1, 0.15) is 13.8 Å². The highest BCUT2D eigenvalue weighted by Crippen LogP contribution is 2.28. The summed E-state index contributed by atoms with van der Waals surface area (Å²) in [5.41, 5.74) is 3.01. The van der Waals surface area contributed by atoms with Gasteiger partial charge < -0.3 is 14.8 Å². The van der Waals surface area contributed by atoms with E-state index in [1.165, 1.54) is 11.8 Å². The summed E-state index contributed by atoms with van der Waals surface area (Å²) in [6.45, 7) is 4.32. The molecule has 0 fully saturated rings. The third-order valence-electron chi connectivity index (χ3n) is 3.98. The summed E-state index contributed by atoms with van der Waals surface area (Å²) < 4.78 is 1.79. The van der Waals surface area contributed by atoms with Gasteiger partial charge >= 0.3 is 0 Å². The molecule has 0 aliphatic heterocycles. The maximum atomic E-state index is 12.2. The highest BCUT2D eigenvalue weighted by atomic mass is 32.2. The molecule has 7 heteroatoms. The van der Waals surface area contributed by atoms with Gasteiger partial charge in [0.2, 0.25) is 5.91 Å². The van der Waals surface area contributed by atoms with Crippen molar-refractivity contribution in [1.29, 1.82) is 0 Å². The molecule has 27 heavy (non-hydrogen) atoms. The van der Waals surface area contributed by atoms with Gasteiger partial charge in [0.15, 0.2) is 5.16 Å². The van der Waals surface area contributed by atoms with E-state index in [0.717, 1.165) is 22.2 Å². The van der Waals surface area contributed by atoms with Crippen LogP contribution in [0.4, 0.5) is 17.1 Å². The number of para-hydroxylation sites is 1. The van der Waals surface area contributed by atoms with Crippen LogP contribution in [0.5, 0.6) is 0 Å². The van der Waals surface area contributed by atoms with Crippen molar-refractivity contribution in [2.24, 2.45) is 7.05 Å². The van der Waals surface area contributed by atoms with Crippen molar-refractivity contribution < 1.29 is 4.79 Å². The molecule has 2 aromatic carbocycles. The molecule has 6 nitrogen and oxygen atoms in total. The molecule has 1 N–H and O–H groups in total. The molecular formula is C20H23N5OS. The first kappa shape index (κ1) is 19.0. The Hall–Kier alpha value is -2.80. The Labute approximate surface area is 163 Å². The first-order valence-electron chi connectivity index (χ1n) is 8.75. The van der Waals surface area contributed by atoms with Gasteiger partial charge in [-0.3, -0.25) is 4.79 Å². The largest absolute Gasteiger partial charge is 0.339 e. The number of nitrogens with zero attached hydrogens (tertiary/aromatic N) is 4. The summed E-state index contributed by atoms with van der Waals surface area (Å²) in [5, 5.41) is 11.4. The fourth-order valence-electron chi connectivity index (χ4n) is 2.77. The second-order valence-electron chi connectivity index (χ2n) is 6.41. The molecule has 140 valence electrons. The van der Waals surface area contributed by atoms with Crippen LogP contribution >= 0.6 is 11.8 Å². The van der Waals surface area contributed by atoms with Crippen molar-refractivity contribution in [2.45, 2.75) is 25.0 Å². The van der Waals surface area contributed by atoms with Crippen LogP contribution in [0.25, 0.3) is 0 Å². The van der Waals surface area contributed by atoms with E-state index in [9.17, 15) is 4.79 Å². The summed E-state index contributed by atoms with van der Waals surface area (Å²) in [7, 11) is 1.85. The highest BCUT2D eigenvalue weighted by Gasteiger charge is 2.13. The predicted octanol–water partition coefficient (Wildman–Crippen LogP) is 4.09. The first-order chi connectivity index (χ1) is 13.0. The van der Waals surface area contributed by atoms with E-state index in [2.05, 4.69) is 46.4 Å². The Morgan fingerprint density at radius 3 is 2.37 bits per heavy atom. The number of aromatic nitrogens is 3. The number of nitrogens with one attached hydrogen (secondary N) is 1.